The highest BCUT2D eigenvalue weighted by atomic mass is 35.5. The molecule has 0 spiro atoms. The summed E-state index contributed by atoms with van der Waals surface area (Å²) in [6.45, 7) is 4.35. The topological polar surface area (TPSA) is 96.1 Å². The summed E-state index contributed by atoms with van der Waals surface area (Å²) in [5.74, 6) is 0.233. The minimum Gasteiger partial charge on any atom is -0.457 e. The number of hydrogen-bond acceptors (Lipinski definition) is 6. The summed E-state index contributed by atoms with van der Waals surface area (Å²) in [5, 5.41) is 14.3. The van der Waals surface area contributed by atoms with Gasteiger partial charge in [-0.2, -0.15) is 0 Å². The maximum Gasteiger partial charge on any atom is 0.238 e. The van der Waals surface area contributed by atoms with Crippen LogP contribution >= 0.6 is 11.6 Å². The zero-order valence-corrected chi connectivity index (χ0v) is 17.3. The standard InChI is InChI=1S/C19H23ClFN3O4S/c20-17-12-15(1-3-18(17)21)28-19-4-2-16(29(22,26)27)11-14(19)13-24-7-5-23(6-8-24)9-10-25/h1-4,11-12,25H,5-10,13H2,(H2,22,26,27). The number of primary sulfonamides is 1. The highest BCUT2D eigenvalue weighted by molar-refractivity contribution is 7.89. The first-order chi connectivity index (χ1) is 13.8. The van der Waals surface area contributed by atoms with E-state index in [9.17, 15) is 12.8 Å². The number of hydrogen-bond donors (Lipinski definition) is 2. The van der Waals surface area contributed by atoms with Crippen LogP contribution in [0.2, 0.25) is 5.02 Å². The lowest BCUT2D eigenvalue weighted by Crippen LogP contribution is -2.46. The molecule has 0 unspecified atom stereocenters. The summed E-state index contributed by atoms with van der Waals surface area (Å²) in [7, 11) is -3.86. The Hall–Kier alpha value is -1.75. The molecule has 0 aromatic heterocycles. The first kappa shape index (κ1) is 21.9. The van der Waals surface area contributed by atoms with Gasteiger partial charge in [-0.25, -0.2) is 17.9 Å². The fourth-order valence-corrected chi connectivity index (χ4v) is 3.91. The largest absolute Gasteiger partial charge is 0.457 e. The third kappa shape index (κ3) is 5.88. The van der Waals surface area contributed by atoms with E-state index in [1.54, 1.807) is 0 Å². The molecular weight excluding hydrogens is 421 g/mol. The molecule has 3 rings (SSSR count). The lowest BCUT2D eigenvalue weighted by molar-refractivity contribution is 0.108. The van der Waals surface area contributed by atoms with Crippen molar-refractivity contribution in [2.75, 3.05) is 39.3 Å². The highest BCUT2D eigenvalue weighted by Crippen LogP contribution is 2.31. The van der Waals surface area contributed by atoms with E-state index in [-0.39, 0.29) is 16.5 Å². The molecule has 2 aromatic rings. The number of nitrogens with zero attached hydrogens (tertiary/aromatic N) is 2. The first-order valence-corrected chi connectivity index (χ1v) is 11.0. The predicted molar refractivity (Wildman–Crippen MR) is 108 cm³/mol. The fourth-order valence-electron chi connectivity index (χ4n) is 3.18. The maximum absolute atomic E-state index is 13.4. The average Bonchev–Trinajstić information content (AvgIpc) is 2.67. The van der Waals surface area contributed by atoms with Crippen LogP contribution in [0.15, 0.2) is 41.3 Å². The maximum atomic E-state index is 13.4. The van der Waals surface area contributed by atoms with Gasteiger partial charge in [0, 0.05) is 50.9 Å². The minimum atomic E-state index is -3.86. The number of aliphatic hydroxyl groups excluding tert-OH is 1. The van der Waals surface area contributed by atoms with Crippen molar-refractivity contribution in [3.8, 4) is 11.5 Å². The molecule has 158 valence electrons. The Labute approximate surface area is 174 Å². The average molecular weight is 444 g/mol. The summed E-state index contributed by atoms with van der Waals surface area (Å²) in [5.41, 5.74) is 0.646. The fraction of sp³-hybridized carbons (Fsp3) is 0.368. The van der Waals surface area contributed by atoms with Crippen LogP contribution in [-0.2, 0) is 16.6 Å². The van der Waals surface area contributed by atoms with Gasteiger partial charge in [0.25, 0.3) is 0 Å². The van der Waals surface area contributed by atoms with Crippen LogP contribution in [0.5, 0.6) is 11.5 Å². The van der Waals surface area contributed by atoms with E-state index in [0.717, 1.165) is 26.2 Å². The van der Waals surface area contributed by atoms with Gasteiger partial charge in [-0.05, 0) is 30.3 Å². The number of rotatable bonds is 7. The number of halogens is 2. The van der Waals surface area contributed by atoms with Gasteiger partial charge >= 0.3 is 0 Å². The van der Waals surface area contributed by atoms with Crippen molar-refractivity contribution < 1.29 is 22.7 Å². The number of piperazine rings is 1. The molecule has 1 heterocycles. The van der Waals surface area contributed by atoms with Crippen molar-refractivity contribution in [3.05, 3.63) is 52.8 Å². The molecule has 0 atom stereocenters. The molecule has 1 aliphatic heterocycles. The van der Waals surface area contributed by atoms with Crippen LogP contribution in [-0.4, -0.2) is 62.7 Å². The Morgan fingerprint density at radius 2 is 1.79 bits per heavy atom. The van der Waals surface area contributed by atoms with Crippen molar-refractivity contribution in [3.63, 3.8) is 0 Å². The summed E-state index contributed by atoms with van der Waals surface area (Å²) in [6, 6.07) is 8.42. The highest BCUT2D eigenvalue weighted by Gasteiger charge is 2.20. The van der Waals surface area contributed by atoms with Gasteiger partial charge in [-0.1, -0.05) is 11.6 Å². The molecule has 0 bridgehead atoms. The van der Waals surface area contributed by atoms with Crippen molar-refractivity contribution in [1.82, 2.24) is 9.80 Å². The van der Waals surface area contributed by atoms with Crippen molar-refractivity contribution in [1.29, 1.82) is 0 Å². The molecule has 3 N–H and O–H groups in total. The minimum absolute atomic E-state index is 0.00379. The Morgan fingerprint density at radius 1 is 1.10 bits per heavy atom. The van der Waals surface area contributed by atoms with Crippen LogP contribution in [0.25, 0.3) is 0 Å². The Kier molecular flexibility index (Phi) is 7.10. The van der Waals surface area contributed by atoms with Crippen LogP contribution in [0, 0.1) is 5.82 Å². The molecule has 0 radical (unpaired) electrons. The number of aliphatic hydroxyl groups is 1. The number of sulfonamides is 1. The summed E-state index contributed by atoms with van der Waals surface area (Å²) in [4.78, 5) is 4.33. The first-order valence-electron chi connectivity index (χ1n) is 9.10. The molecule has 0 saturated carbocycles. The van der Waals surface area contributed by atoms with Gasteiger partial charge in [-0.15, -0.1) is 0 Å². The molecule has 2 aromatic carbocycles. The molecule has 10 heteroatoms. The third-order valence-corrected chi connectivity index (χ3v) is 5.96. The number of β-amino-alcohol motifs (C(OH)–C–C–N with tert-alkyl or cyclic N) is 1. The lowest BCUT2D eigenvalue weighted by atomic mass is 10.1. The van der Waals surface area contributed by atoms with Gasteiger partial charge in [0.15, 0.2) is 0 Å². The molecule has 7 nitrogen and oxygen atoms in total. The summed E-state index contributed by atoms with van der Waals surface area (Å²) >= 11 is 5.82. The van der Waals surface area contributed by atoms with E-state index in [1.807, 2.05) is 0 Å². The molecular formula is C19H23ClFN3O4S. The van der Waals surface area contributed by atoms with E-state index in [2.05, 4.69) is 9.80 Å². The van der Waals surface area contributed by atoms with E-state index >= 15 is 0 Å². The monoisotopic (exact) mass is 443 g/mol. The lowest BCUT2D eigenvalue weighted by Gasteiger charge is -2.34. The molecule has 1 fully saturated rings. The second kappa shape index (κ2) is 9.38. The van der Waals surface area contributed by atoms with Crippen LogP contribution in [0.4, 0.5) is 4.39 Å². The number of benzene rings is 2. The van der Waals surface area contributed by atoms with Crippen molar-refractivity contribution in [2.24, 2.45) is 5.14 Å². The predicted octanol–water partition coefficient (Wildman–Crippen LogP) is 2.03. The number of nitrogens with two attached hydrogens (primary N) is 1. The van der Waals surface area contributed by atoms with Gasteiger partial charge < -0.3 is 9.84 Å². The summed E-state index contributed by atoms with van der Waals surface area (Å²) < 4.78 is 42.8. The van der Waals surface area contributed by atoms with E-state index in [1.165, 1.54) is 36.4 Å². The Morgan fingerprint density at radius 3 is 2.41 bits per heavy atom. The van der Waals surface area contributed by atoms with Crippen molar-refractivity contribution in [2.45, 2.75) is 11.4 Å². The smallest absolute Gasteiger partial charge is 0.238 e. The normalized spacial score (nSPS) is 16.1. The molecule has 29 heavy (non-hydrogen) atoms. The zero-order valence-electron chi connectivity index (χ0n) is 15.7. The summed E-state index contributed by atoms with van der Waals surface area (Å²) in [6.07, 6.45) is 0. The second-order valence-corrected chi connectivity index (χ2v) is 8.80. The molecule has 1 aliphatic rings. The van der Waals surface area contributed by atoms with Crippen molar-refractivity contribution >= 4 is 21.6 Å². The van der Waals surface area contributed by atoms with Gasteiger partial charge in [-0.3, -0.25) is 9.80 Å². The van der Waals surface area contributed by atoms with Gasteiger partial charge in [0.2, 0.25) is 10.0 Å². The Balaban J connectivity index is 1.83. The van der Waals surface area contributed by atoms with Crippen LogP contribution in [0.3, 0.4) is 0 Å². The number of ether oxygens (including phenoxy) is 1. The molecule has 0 aliphatic carbocycles. The van der Waals surface area contributed by atoms with Gasteiger partial charge in [0.05, 0.1) is 16.5 Å². The Bertz CT molecular complexity index is 966. The SMILES string of the molecule is NS(=O)(=O)c1ccc(Oc2ccc(F)c(Cl)c2)c(CN2CCN(CCO)CC2)c1. The van der Waals surface area contributed by atoms with Crippen LogP contribution in [0.1, 0.15) is 5.56 Å². The molecule has 1 saturated heterocycles. The van der Waals surface area contributed by atoms with E-state index in [4.69, 9.17) is 26.6 Å². The zero-order chi connectivity index (χ0) is 21.0. The van der Waals surface area contributed by atoms with E-state index in [0.29, 0.717) is 30.2 Å². The van der Waals surface area contributed by atoms with E-state index < -0.39 is 15.8 Å². The van der Waals surface area contributed by atoms with Gasteiger partial charge in [0.1, 0.15) is 17.3 Å². The van der Waals surface area contributed by atoms with Crippen LogP contribution < -0.4 is 9.88 Å². The molecule has 0 amide bonds. The third-order valence-electron chi connectivity index (χ3n) is 4.75. The second-order valence-electron chi connectivity index (χ2n) is 6.83. The quantitative estimate of drug-likeness (QED) is 0.679.